The number of hydrogen-bond acceptors (Lipinski definition) is 2. The second-order valence-electron chi connectivity index (χ2n) is 2.41. The number of hydrogen-bond donors (Lipinski definition) is 2. The molecule has 0 amide bonds. The van der Waals surface area contributed by atoms with Crippen LogP contribution in [-0.4, -0.2) is 16.2 Å². The average Bonchev–Trinajstić information content (AvgIpc) is 2.08. The van der Waals surface area contributed by atoms with Gasteiger partial charge in [0.15, 0.2) is 6.10 Å². The molecule has 0 fully saturated rings. The molecule has 3 nitrogen and oxygen atoms in total. The molecule has 14 heavy (non-hydrogen) atoms. The van der Waals surface area contributed by atoms with Crippen molar-refractivity contribution in [1.82, 2.24) is 0 Å². The SMILES string of the molecule is C.O=C(O)C(O)c1ccc(Cl)c(Cl)c1. The van der Waals surface area contributed by atoms with E-state index in [2.05, 4.69) is 0 Å². The normalized spacial score (nSPS) is 11.6. The van der Waals surface area contributed by atoms with Crippen molar-refractivity contribution < 1.29 is 15.0 Å². The van der Waals surface area contributed by atoms with Gasteiger partial charge in [-0.2, -0.15) is 0 Å². The number of halogens is 2. The van der Waals surface area contributed by atoms with Crippen LogP contribution in [0.5, 0.6) is 0 Å². The highest BCUT2D eigenvalue weighted by Gasteiger charge is 2.16. The Bertz CT molecular complexity index is 339. The van der Waals surface area contributed by atoms with Crippen LogP contribution in [0.3, 0.4) is 0 Å². The number of rotatable bonds is 2. The van der Waals surface area contributed by atoms with Crippen LogP contribution in [0.1, 0.15) is 19.1 Å². The fourth-order valence-electron chi connectivity index (χ4n) is 0.825. The van der Waals surface area contributed by atoms with E-state index in [4.69, 9.17) is 33.4 Å². The van der Waals surface area contributed by atoms with Gasteiger partial charge in [-0.3, -0.25) is 0 Å². The Labute approximate surface area is 91.9 Å². The van der Waals surface area contributed by atoms with Crippen LogP contribution in [0.15, 0.2) is 18.2 Å². The van der Waals surface area contributed by atoms with E-state index in [0.717, 1.165) is 0 Å². The van der Waals surface area contributed by atoms with Crippen molar-refractivity contribution >= 4 is 29.2 Å². The van der Waals surface area contributed by atoms with Crippen molar-refractivity contribution in [3.05, 3.63) is 33.8 Å². The molecular weight excluding hydrogens is 227 g/mol. The lowest BCUT2D eigenvalue weighted by atomic mass is 10.1. The van der Waals surface area contributed by atoms with E-state index in [1.807, 2.05) is 0 Å². The van der Waals surface area contributed by atoms with Crippen LogP contribution in [-0.2, 0) is 4.79 Å². The first kappa shape index (κ1) is 13.2. The van der Waals surface area contributed by atoms with Gasteiger partial charge in [0.1, 0.15) is 0 Å². The number of carbonyl (C=O) groups is 1. The van der Waals surface area contributed by atoms with Crippen LogP contribution in [0.2, 0.25) is 10.0 Å². The maximum absolute atomic E-state index is 10.4. The zero-order valence-electron chi connectivity index (χ0n) is 6.37. The standard InChI is InChI=1S/C8H6Cl2O3.CH4/c9-5-2-1-4(3-6(5)10)7(11)8(12)13;/h1-3,7,11H,(H,12,13);1H4. The summed E-state index contributed by atoms with van der Waals surface area (Å²) in [5, 5.41) is 18.1. The van der Waals surface area contributed by atoms with Crippen LogP contribution in [0.25, 0.3) is 0 Å². The fraction of sp³-hybridized carbons (Fsp3) is 0.222. The van der Waals surface area contributed by atoms with Gasteiger partial charge in [-0.05, 0) is 17.7 Å². The summed E-state index contributed by atoms with van der Waals surface area (Å²) >= 11 is 11.2. The van der Waals surface area contributed by atoms with E-state index < -0.39 is 12.1 Å². The van der Waals surface area contributed by atoms with Crippen molar-refractivity contribution in [2.24, 2.45) is 0 Å². The summed E-state index contributed by atoms with van der Waals surface area (Å²) in [4.78, 5) is 10.4. The summed E-state index contributed by atoms with van der Waals surface area (Å²) in [5.74, 6) is -1.32. The zero-order chi connectivity index (χ0) is 10.0. The molecule has 2 N–H and O–H groups in total. The minimum absolute atomic E-state index is 0. The van der Waals surface area contributed by atoms with Gasteiger partial charge in [0.25, 0.3) is 0 Å². The molecule has 1 unspecified atom stereocenters. The van der Waals surface area contributed by atoms with Crippen molar-refractivity contribution in [2.45, 2.75) is 13.5 Å². The molecule has 0 heterocycles. The second-order valence-corrected chi connectivity index (χ2v) is 3.23. The van der Waals surface area contributed by atoms with Gasteiger partial charge in [-0.1, -0.05) is 36.7 Å². The topological polar surface area (TPSA) is 57.5 Å². The highest BCUT2D eigenvalue weighted by atomic mass is 35.5. The Hall–Kier alpha value is -0.770. The first-order valence-corrected chi connectivity index (χ1v) is 4.14. The molecule has 0 radical (unpaired) electrons. The van der Waals surface area contributed by atoms with E-state index in [0.29, 0.717) is 5.02 Å². The Morgan fingerprint density at radius 3 is 2.29 bits per heavy atom. The maximum Gasteiger partial charge on any atom is 0.337 e. The van der Waals surface area contributed by atoms with Crippen molar-refractivity contribution in [1.29, 1.82) is 0 Å². The molecule has 0 bridgehead atoms. The van der Waals surface area contributed by atoms with Gasteiger partial charge in [0, 0.05) is 0 Å². The molecule has 0 saturated heterocycles. The number of aliphatic hydroxyl groups excluding tert-OH is 1. The summed E-state index contributed by atoms with van der Waals surface area (Å²) in [6.45, 7) is 0. The molecule has 1 aromatic rings. The smallest absolute Gasteiger partial charge is 0.337 e. The predicted molar refractivity (Wildman–Crippen MR) is 55.8 cm³/mol. The third-order valence-electron chi connectivity index (χ3n) is 1.49. The number of carboxylic acids is 1. The molecular formula is C9H10Cl2O3. The van der Waals surface area contributed by atoms with Crippen molar-refractivity contribution in [3.8, 4) is 0 Å². The molecule has 0 aliphatic carbocycles. The monoisotopic (exact) mass is 236 g/mol. The summed E-state index contributed by atoms with van der Waals surface area (Å²) < 4.78 is 0. The molecule has 0 aliphatic rings. The van der Waals surface area contributed by atoms with Crippen LogP contribution in [0.4, 0.5) is 0 Å². The number of aliphatic hydroxyl groups is 1. The summed E-state index contributed by atoms with van der Waals surface area (Å²) in [6.07, 6.45) is -1.56. The van der Waals surface area contributed by atoms with Crippen LogP contribution in [0, 0.1) is 0 Å². The number of benzene rings is 1. The van der Waals surface area contributed by atoms with Crippen molar-refractivity contribution in [3.63, 3.8) is 0 Å². The van der Waals surface area contributed by atoms with Gasteiger partial charge in [0.2, 0.25) is 0 Å². The molecule has 0 spiro atoms. The van der Waals surface area contributed by atoms with Crippen LogP contribution < -0.4 is 0 Å². The molecule has 0 saturated carbocycles. The first-order valence-electron chi connectivity index (χ1n) is 3.38. The zero-order valence-corrected chi connectivity index (χ0v) is 7.88. The lowest BCUT2D eigenvalue weighted by molar-refractivity contribution is -0.146. The fourth-order valence-corrected chi connectivity index (χ4v) is 1.13. The van der Waals surface area contributed by atoms with E-state index in [1.54, 1.807) is 0 Å². The van der Waals surface area contributed by atoms with Gasteiger partial charge in [-0.25, -0.2) is 4.79 Å². The Balaban J connectivity index is 0.00000169. The number of carboxylic acid groups (broad SMARTS) is 1. The molecule has 5 heteroatoms. The van der Waals surface area contributed by atoms with Gasteiger partial charge in [0.05, 0.1) is 10.0 Å². The quantitative estimate of drug-likeness (QED) is 0.831. The average molecular weight is 237 g/mol. The number of aliphatic carboxylic acids is 1. The lowest BCUT2D eigenvalue weighted by Crippen LogP contribution is -2.10. The molecule has 1 atom stereocenters. The third kappa shape index (κ3) is 2.87. The molecule has 78 valence electrons. The van der Waals surface area contributed by atoms with E-state index >= 15 is 0 Å². The lowest BCUT2D eigenvalue weighted by Gasteiger charge is -2.06. The second kappa shape index (κ2) is 5.20. The summed E-state index contributed by atoms with van der Waals surface area (Å²) in [5.41, 5.74) is 0.210. The predicted octanol–water partition coefficient (Wildman–Crippen LogP) is 2.75. The highest BCUT2D eigenvalue weighted by Crippen LogP contribution is 2.25. The Kier molecular flexibility index (Phi) is 4.91. The Morgan fingerprint density at radius 2 is 1.86 bits per heavy atom. The largest absolute Gasteiger partial charge is 0.479 e. The minimum Gasteiger partial charge on any atom is -0.479 e. The van der Waals surface area contributed by atoms with Gasteiger partial charge < -0.3 is 10.2 Å². The minimum atomic E-state index is -1.56. The highest BCUT2D eigenvalue weighted by molar-refractivity contribution is 6.42. The van der Waals surface area contributed by atoms with Crippen LogP contribution >= 0.6 is 23.2 Å². The molecule has 1 aromatic carbocycles. The van der Waals surface area contributed by atoms with E-state index in [1.165, 1.54) is 18.2 Å². The molecule has 0 aliphatic heterocycles. The van der Waals surface area contributed by atoms with E-state index in [-0.39, 0.29) is 18.0 Å². The summed E-state index contributed by atoms with van der Waals surface area (Å²) in [7, 11) is 0. The van der Waals surface area contributed by atoms with Crippen molar-refractivity contribution in [2.75, 3.05) is 0 Å². The maximum atomic E-state index is 10.4. The van der Waals surface area contributed by atoms with Gasteiger partial charge >= 0.3 is 5.97 Å². The van der Waals surface area contributed by atoms with E-state index in [9.17, 15) is 4.79 Å². The third-order valence-corrected chi connectivity index (χ3v) is 2.23. The summed E-state index contributed by atoms with van der Waals surface area (Å²) in [6, 6.07) is 4.17. The molecule has 0 aromatic heterocycles. The Morgan fingerprint density at radius 1 is 1.29 bits per heavy atom. The van der Waals surface area contributed by atoms with Gasteiger partial charge in [-0.15, -0.1) is 0 Å². The first-order chi connectivity index (χ1) is 6.02. The molecule has 1 rings (SSSR count).